The van der Waals surface area contributed by atoms with E-state index >= 15 is 0 Å². The quantitative estimate of drug-likeness (QED) is 0.207. The Balaban J connectivity index is 1.68. The van der Waals surface area contributed by atoms with Gasteiger partial charge in [0.25, 0.3) is 11.2 Å². The molecule has 0 saturated carbocycles. The summed E-state index contributed by atoms with van der Waals surface area (Å²) in [6.45, 7) is 11.6. The predicted octanol–water partition coefficient (Wildman–Crippen LogP) is 4.73. The molecule has 0 spiro atoms. The molecule has 1 aromatic heterocycles. The van der Waals surface area contributed by atoms with E-state index < -0.39 is 16.9 Å². The van der Waals surface area contributed by atoms with Gasteiger partial charge < -0.3 is 14.4 Å². The van der Waals surface area contributed by atoms with Gasteiger partial charge in [0.1, 0.15) is 5.75 Å². The molecule has 1 atom stereocenters. The second kappa shape index (κ2) is 12.5. The number of rotatable bonds is 8. The van der Waals surface area contributed by atoms with Crippen molar-refractivity contribution in [3.05, 3.63) is 94.7 Å². The highest BCUT2D eigenvalue weighted by atomic mass is 32.1. The summed E-state index contributed by atoms with van der Waals surface area (Å²) in [4.78, 5) is 46.1. The zero-order valence-electron chi connectivity index (χ0n) is 25.0. The monoisotopic (exact) mass is 604 g/mol. The van der Waals surface area contributed by atoms with Gasteiger partial charge in [-0.15, -0.1) is 0 Å². The van der Waals surface area contributed by atoms with Crippen molar-refractivity contribution in [1.82, 2.24) is 4.57 Å². The van der Waals surface area contributed by atoms with Crippen LogP contribution >= 0.6 is 11.3 Å². The predicted molar refractivity (Wildman–Crippen MR) is 166 cm³/mol. The molecule has 0 N–H and O–H groups in total. The molecular formula is C32H36N4O6S. The molecule has 10 nitrogen and oxygen atoms in total. The Kier molecular flexibility index (Phi) is 8.82. The minimum absolute atomic E-state index is 0.0463. The largest absolute Gasteiger partial charge is 0.494 e. The fourth-order valence-electron chi connectivity index (χ4n) is 5.54. The number of aromatic nitrogens is 1. The number of benzene rings is 2. The van der Waals surface area contributed by atoms with Crippen molar-refractivity contribution in [2.45, 2.75) is 59.6 Å². The molecule has 0 unspecified atom stereocenters. The third-order valence-corrected chi connectivity index (χ3v) is 8.71. The highest BCUT2D eigenvalue weighted by Crippen LogP contribution is 2.33. The topological polar surface area (TPSA) is 116 Å². The lowest BCUT2D eigenvalue weighted by Gasteiger charge is -2.33. The second-order valence-electron chi connectivity index (χ2n) is 11.2. The summed E-state index contributed by atoms with van der Waals surface area (Å²) < 4.78 is 13.1. The van der Waals surface area contributed by atoms with Crippen LogP contribution in [0, 0.1) is 16.0 Å². The number of allylic oxidation sites excluding steroid dienone is 1. The molecule has 11 heteroatoms. The van der Waals surface area contributed by atoms with Crippen LogP contribution in [0.3, 0.4) is 0 Å². The summed E-state index contributed by atoms with van der Waals surface area (Å²) in [7, 11) is 0. The SMILES string of the molecule is CCOc1ccc([C@@H]2C(C(=O)OC(C)C)=C(C)N=c3s/c(=C\c4cc([N+](=O)[O-])ccc4N4CCC(C)CC4)c(=O)n32)cc1. The molecule has 3 heterocycles. The first-order valence-electron chi connectivity index (χ1n) is 14.6. The zero-order chi connectivity index (χ0) is 30.8. The number of hydrogen-bond donors (Lipinski definition) is 0. The number of piperidine rings is 1. The van der Waals surface area contributed by atoms with E-state index in [1.165, 1.54) is 28.0 Å². The molecule has 0 amide bonds. The van der Waals surface area contributed by atoms with Crippen LogP contribution in [-0.2, 0) is 9.53 Å². The number of esters is 1. The highest BCUT2D eigenvalue weighted by Gasteiger charge is 2.34. The van der Waals surface area contributed by atoms with Crippen molar-refractivity contribution in [3.63, 3.8) is 0 Å². The van der Waals surface area contributed by atoms with Crippen LogP contribution in [-0.4, -0.2) is 41.3 Å². The van der Waals surface area contributed by atoms with Crippen molar-refractivity contribution in [3.8, 4) is 5.75 Å². The van der Waals surface area contributed by atoms with Crippen molar-refractivity contribution in [2.75, 3.05) is 24.6 Å². The van der Waals surface area contributed by atoms with Gasteiger partial charge in [0, 0.05) is 36.5 Å². The Labute approximate surface area is 253 Å². The molecule has 1 fully saturated rings. The van der Waals surface area contributed by atoms with E-state index in [0.717, 1.165) is 31.6 Å². The molecule has 2 aromatic carbocycles. The van der Waals surface area contributed by atoms with Gasteiger partial charge in [0.2, 0.25) is 0 Å². The van der Waals surface area contributed by atoms with Crippen molar-refractivity contribution < 1.29 is 19.2 Å². The lowest BCUT2D eigenvalue weighted by atomic mass is 9.95. The van der Waals surface area contributed by atoms with Crippen LogP contribution in [0.1, 0.15) is 64.6 Å². The van der Waals surface area contributed by atoms with E-state index in [-0.39, 0.29) is 22.9 Å². The molecular weight excluding hydrogens is 568 g/mol. The van der Waals surface area contributed by atoms with Gasteiger partial charge in [-0.3, -0.25) is 19.5 Å². The number of ether oxygens (including phenoxy) is 2. The Hall–Kier alpha value is -4.25. The molecule has 0 bridgehead atoms. The van der Waals surface area contributed by atoms with E-state index in [4.69, 9.17) is 9.47 Å². The van der Waals surface area contributed by atoms with Crippen molar-refractivity contribution in [1.29, 1.82) is 0 Å². The van der Waals surface area contributed by atoms with Gasteiger partial charge >= 0.3 is 5.97 Å². The number of nitro benzene ring substituents is 1. The molecule has 2 aliphatic rings. The molecule has 43 heavy (non-hydrogen) atoms. The summed E-state index contributed by atoms with van der Waals surface area (Å²) in [5.74, 6) is 0.754. The Morgan fingerprint density at radius 1 is 1.19 bits per heavy atom. The average molecular weight is 605 g/mol. The van der Waals surface area contributed by atoms with E-state index in [2.05, 4.69) is 16.8 Å². The maximum atomic E-state index is 14.2. The number of nitro groups is 1. The van der Waals surface area contributed by atoms with E-state index in [9.17, 15) is 19.7 Å². The summed E-state index contributed by atoms with van der Waals surface area (Å²) in [5.41, 5.74) is 2.53. The lowest BCUT2D eigenvalue weighted by molar-refractivity contribution is -0.384. The van der Waals surface area contributed by atoms with Gasteiger partial charge in [0.15, 0.2) is 4.80 Å². The van der Waals surface area contributed by atoms with Crippen LogP contribution in [0.15, 0.2) is 63.5 Å². The smallest absolute Gasteiger partial charge is 0.338 e. The molecule has 5 rings (SSSR count). The first kappa shape index (κ1) is 30.2. The number of non-ortho nitro benzene ring substituents is 1. The summed E-state index contributed by atoms with van der Waals surface area (Å²) in [6, 6.07) is 11.3. The number of hydrogen-bond acceptors (Lipinski definition) is 9. The maximum absolute atomic E-state index is 14.2. The number of carbonyl (C=O) groups excluding carboxylic acids is 1. The summed E-state index contributed by atoms with van der Waals surface area (Å²) in [6.07, 6.45) is 3.40. The molecule has 0 aliphatic carbocycles. The number of nitrogens with zero attached hydrogens (tertiary/aromatic N) is 4. The van der Waals surface area contributed by atoms with Crippen LogP contribution in [0.5, 0.6) is 5.75 Å². The van der Waals surface area contributed by atoms with Crippen molar-refractivity contribution >= 4 is 34.8 Å². The van der Waals surface area contributed by atoms with Crippen LogP contribution in [0.4, 0.5) is 11.4 Å². The first-order valence-corrected chi connectivity index (χ1v) is 15.4. The van der Waals surface area contributed by atoms with Crippen LogP contribution in [0.2, 0.25) is 0 Å². The molecule has 2 aliphatic heterocycles. The van der Waals surface area contributed by atoms with Gasteiger partial charge in [-0.2, -0.15) is 0 Å². The van der Waals surface area contributed by atoms with Crippen molar-refractivity contribution in [2.24, 2.45) is 10.9 Å². The van der Waals surface area contributed by atoms with Crippen LogP contribution in [0.25, 0.3) is 6.08 Å². The molecule has 3 aromatic rings. The Morgan fingerprint density at radius 2 is 1.88 bits per heavy atom. The summed E-state index contributed by atoms with van der Waals surface area (Å²) >= 11 is 1.20. The third-order valence-electron chi connectivity index (χ3n) is 7.72. The average Bonchev–Trinajstić information content (AvgIpc) is 3.27. The van der Waals surface area contributed by atoms with E-state index in [1.54, 1.807) is 32.9 Å². The fourth-order valence-corrected chi connectivity index (χ4v) is 6.58. The second-order valence-corrected chi connectivity index (χ2v) is 12.2. The van der Waals surface area contributed by atoms with Gasteiger partial charge in [-0.25, -0.2) is 9.79 Å². The third kappa shape index (κ3) is 6.27. The highest BCUT2D eigenvalue weighted by molar-refractivity contribution is 7.07. The molecule has 0 radical (unpaired) electrons. The zero-order valence-corrected chi connectivity index (χ0v) is 25.8. The molecule has 1 saturated heterocycles. The molecule has 226 valence electrons. The number of carbonyl (C=O) groups is 1. The number of thiazole rings is 1. The van der Waals surface area contributed by atoms with Gasteiger partial charge in [-0.1, -0.05) is 30.4 Å². The van der Waals surface area contributed by atoms with Gasteiger partial charge in [0.05, 0.1) is 39.5 Å². The summed E-state index contributed by atoms with van der Waals surface area (Å²) in [5, 5.41) is 11.7. The van der Waals surface area contributed by atoms with Crippen LogP contribution < -0.4 is 24.5 Å². The lowest BCUT2D eigenvalue weighted by Crippen LogP contribution is -2.40. The standard InChI is InChI=1S/C32H36N4O6S/c1-6-41-25-10-7-22(8-11-25)29-28(31(38)42-19(2)3)21(5)33-32-35(29)30(37)27(43-32)18-23-17-24(36(39)40)9-12-26(23)34-15-13-20(4)14-16-34/h7-12,17-20,29H,6,13-16H2,1-5H3/b27-18-/t29-/m1/s1. The number of fused-ring (bicyclic) bond motifs is 1. The normalized spacial score (nSPS) is 17.6. The minimum Gasteiger partial charge on any atom is -0.494 e. The van der Waals surface area contributed by atoms with E-state index in [0.29, 0.717) is 44.4 Å². The Morgan fingerprint density at radius 3 is 2.51 bits per heavy atom. The fraction of sp³-hybridized carbons (Fsp3) is 0.406. The first-order chi connectivity index (χ1) is 20.6. The van der Waals surface area contributed by atoms with Gasteiger partial charge in [-0.05, 0) is 76.3 Å². The van der Waals surface area contributed by atoms with E-state index in [1.807, 2.05) is 31.2 Å². The number of anilines is 1. The maximum Gasteiger partial charge on any atom is 0.338 e. The minimum atomic E-state index is -0.770. The Bertz CT molecular complexity index is 1750.